The molecule has 1 N–H and O–H groups in total. The summed E-state index contributed by atoms with van der Waals surface area (Å²) < 4.78 is 11.2. The highest BCUT2D eigenvalue weighted by molar-refractivity contribution is 6.32. The highest BCUT2D eigenvalue weighted by Gasteiger charge is 2.31. The van der Waals surface area contributed by atoms with Gasteiger partial charge in [-0.25, -0.2) is 0 Å². The molecule has 1 aliphatic rings. The molecule has 0 radical (unpaired) electrons. The molecule has 2 rings (SSSR count). The van der Waals surface area contributed by atoms with Crippen LogP contribution < -0.4 is 9.47 Å². The van der Waals surface area contributed by atoms with Crippen LogP contribution in [0.5, 0.6) is 11.5 Å². The van der Waals surface area contributed by atoms with Gasteiger partial charge in [0.2, 0.25) is 0 Å². The summed E-state index contributed by atoms with van der Waals surface area (Å²) in [6, 6.07) is 2.90. The van der Waals surface area contributed by atoms with Gasteiger partial charge in [-0.05, 0) is 38.3 Å². The van der Waals surface area contributed by atoms with E-state index in [2.05, 4.69) is 0 Å². The molecule has 1 aromatic carbocycles. The summed E-state index contributed by atoms with van der Waals surface area (Å²) in [5.41, 5.74) is 0.384. The number of carboxylic acids is 1. The molecule has 0 aromatic heterocycles. The Kier molecular flexibility index (Phi) is 6.93. The van der Waals surface area contributed by atoms with E-state index in [-0.39, 0.29) is 18.4 Å². The quantitative estimate of drug-likeness (QED) is 0.757. The van der Waals surface area contributed by atoms with Crippen LogP contribution in [0.25, 0.3) is 0 Å². The first-order chi connectivity index (χ1) is 12.0. The van der Waals surface area contributed by atoms with Crippen LogP contribution in [0, 0.1) is 0 Å². The highest BCUT2D eigenvalue weighted by atomic mass is 35.5. The van der Waals surface area contributed by atoms with Crippen LogP contribution >= 0.6 is 11.6 Å². The fourth-order valence-corrected chi connectivity index (χ4v) is 3.25. The van der Waals surface area contributed by atoms with Crippen LogP contribution in [0.4, 0.5) is 0 Å². The summed E-state index contributed by atoms with van der Waals surface area (Å²) in [6.45, 7) is 5.30. The van der Waals surface area contributed by atoms with E-state index in [4.69, 9.17) is 26.2 Å². The Bertz CT molecular complexity index is 634. The van der Waals surface area contributed by atoms with Crippen LogP contribution in [0.3, 0.4) is 0 Å². The number of hydrogen-bond donors (Lipinski definition) is 1. The van der Waals surface area contributed by atoms with Gasteiger partial charge in [-0.3, -0.25) is 9.59 Å². The Balaban J connectivity index is 2.28. The monoisotopic (exact) mass is 369 g/mol. The third kappa shape index (κ3) is 4.78. The number of rotatable bonds is 8. The Labute approximate surface area is 152 Å². The molecule has 1 heterocycles. The number of likely N-dealkylation sites (tertiary alicyclic amines) is 1. The molecule has 0 saturated carbocycles. The average Bonchev–Trinajstić information content (AvgIpc) is 3.00. The smallest absolute Gasteiger partial charge is 0.305 e. The van der Waals surface area contributed by atoms with Gasteiger partial charge in [0.05, 0.1) is 24.7 Å². The lowest BCUT2D eigenvalue weighted by Gasteiger charge is -2.24. The Morgan fingerprint density at radius 2 is 2.08 bits per heavy atom. The second-order valence-corrected chi connectivity index (χ2v) is 6.37. The van der Waals surface area contributed by atoms with E-state index in [1.807, 2.05) is 13.8 Å². The normalized spacial score (nSPS) is 16.8. The topological polar surface area (TPSA) is 76.1 Å². The van der Waals surface area contributed by atoms with E-state index in [0.29, 0.717) is 48.3 Å². The maximum absolute atomic E-state index is 12.9. The van der Waals surface area contributed by atoms with Crippen LogP contribution in [0.2, 0.25) is 5.02 Å². The minimum Gasteiger partial charge on any atom is -0.490 e. The van der Waals surface area contributed by atoms with E-state index in [1.165, 1.54) is 0 Å². The fourth-order valence-electron chi connectivity index (χ4n) is 2.98. The van der Waals surface area contributed by atoms with Gasteiger partial charge in [-0.1, -0.05) is 18.5 Å². The van der Waals surface area contributed by atoms with Crippen LogP contribution in [-0.2, 0) is 4.79 Å². The van der Waals surface area contributed by atoms with E-state index in [9.17, 15) is 9.59 Å². The molecular formula is C18H24ClNO5. The second-order valence-electron chi connectivity index (χ2n) is 5.96. The fraction of sp³-hybridized carbons (Fsp3) is 0.556. The van der Waals surface area contributed by atoms with E-state index >= 15 is 0 Å². The summed E-state index contributed by atoms with van der Waals surface area (Å²) in [7, 11) is 0. The standard InChI is InChI=1S/C18H24ClNO5/c1-3-8-25-17-14(19)9-12(10-15(17)24-4-2)18(23)20-7-5-6-13(20)11-16(21)22/h9-10,13H,3-8,11H2,1-2H3,(H,21,22). The molecule has 0 spiro atoms. The number of halogens is 1. The van der Waals surface area contributed by atoms with E-state index < -0.39 is 5.97 Å². The molecule has 6 nitrogen and oxygen atoms in total. The first kappa shape index (κ1) is 19.4. The Morgan fingerprint density at radius 3 is 2.72 bits per heavy atom. The van der Waals surface area contributed by atoms with Crippen molar-refractivity contribution < 1.29 is 24.2 Å². The first-order valence-electron chi connectivity index (χ1n) is 8.59. The number of amides is 1. The van der Waals surface area contributed by atoms with Crippen molar-refractivity contribution in [2.45, 2.75) is 45.6 Å². The van der Waals surface area contributed by atoms with E-state index in [1.54, 1.807) is 17.0 Å². The third-order valence-electron chi connectivity index (χ3n) is 4.06. The van der Waals surface area contributed by atoms with Gasteiger partial charge in [-0.2, -0.15) is 0 Å². The maximum atomic E-state index is 12.9. The summed E-state index contributed by atoms with van der Waals surface area (Å²) in [5, 5.41) is 9.34. The summed E-state index contributed by atoms with van der Waals surface area (Å²) in [6.07, 6.45) is 2.28. The molecule has 7 heteroatoms. The number of carbonyl (C=O) groups is 2. The zero-order chi connectivity index (χ0) is 18.4. The molecule has 0 bridgehead atoms. The van der Waals surface area contributed by atoms with Crippen LogP contribution in [0.15, 0.2) is 12.1 Å². The van der Waals surface area contributed by atoms with Gasteiger partial charge in [0.25, 0.3) is 5.91 Å². The minimum absolute atomic E-state index is 0.0461. The molecule has 25 heavy (non-hydrogen) atoms. The van der Waals surface area contributed by atoms with Crippen molar-refractivity contribution in [1.29, 1.82) is 0 Å². The second kappa shape index (κ2) is 8.94. The molecular weight excluding hydrogens is 346 g/mol. The maximum Gasteiger partial charge on any atom is 0.305 e. The molecule has 1 saturated heterocycles. The average molecular weight is 370 g/mol. The molecule has 1 amide bonds. The molecule has 1 atom stereocenters. The third-order valence-corrected chi connectivity index (χ3v) is 4.34. The predicted octanol–water partition coefficient (Wildman–Crippen LogP) is 3.61. The van der Waals surface area contributed by atoms with Gasteiger partial charge in [-0.15, -0.1) is 0 Å². The van der Waals surface area contributed by atoms with Crippen molar-refractivity contribution in [3.8, 4) is 11.5 Å². The lowest BCUT2D eigenvalue weighted by Crippen LogP contribution is -2.36. The van der Waals surface area contributed by atoms with Gasteiger partial charge < -0.3 is 19.5 Å². The van der Waals surface area contributed by atoms with Gasteiger partial charge in [0.1, 0.15) is 0 Å². The number of nitrogens with zero attached hydrogens (tertiary/aromatic N) is 1. The zero-order valence-electron chi connectivity index (χ0n) is 14.6. The van der Waals surface area contributed by atoms with Crippen molar-refractivity contribution in [1.82, 2.24) is 4.90 Å². The molecule has 1 unspecified atom stereocenters. The number of ether oxygens (including phenoxy) is 2. The number of carboxylic acid groups (broad SMARTS) is 1. The number of carbonyl (C=O) groups excluding carboxylic acids is 1. The van der Waals surface area contributed by atoms with Crippen molar-refractivity contribution in [3.05, 3.63) is 22.7 Å². The Hall–Kier alpha value is -1.95. The molecule has 0 aliphatic carbocycles. The van der Waals surface area contributed by atoms with Crippen molar-refractivity contribution in [2.24, 2.45) is 0 Å². The Morgan fingerprint density at radius 1 is 1.32 bits per heavy atom. The van der Waals surface area contributed by atoms with E-state index in [0.717, 1.165) is 12.8 Å². The summed E-state index contributed by atoms with van der Waals surface area (Å²) in [4.78, 5) is 25.5. The van der Waals surface area contributed by atoms with Gasteiger partial charge in [0, 0.05) is 18.2 Å². The molecule has 1 fully saturated rings. The lowest BCUT2D eigenvalue weighted by atomic mass is 10.1. The first-order valence-corrected chi connectivity index (χ1v) is 8.97. The molecule has 1 aliphatic heterocycles. The van der Waals surface area contributed by atoms with Crippen molar-refractivity contribution in [3.63, 3.8) is 0 Å². The lowest BCUT2D eigenvalue weighted by molar-refractivity contribution is -0.137. The number of hydrogen-bond acceptors (Lipinski definition) is 4. The largest absolute Gasteiger partial charge is 0.490 e. The predicted molar refractivity (Wildman–Crippen MR) is 94.7 cm³/mol. The highest BCUT2D eigenvalue weighted by Crippen LogP contribution is 2.37. The minimum atomic E-state index is -0.902. The molecule has 1 aromatic rings. The van der Waals surface area contributed by atoms with Crippen molar-refractivity contribution >= 4 is 23.5 Å². The SMILES string of the molecule is CCCOc1c(Cl)cc(C(=O)N2CCCC2CC(=O)O)cc1OCC. The summed E-state index contributed by atoms with van der Waals surface area (Å²) >= 11 is 6.31. The molecule has 138 valence electrons. The van der Waals surface area contributed by atoms with Crippen LogP contribution in [-0.4, -0.2) is 47.7 Å². The van der Waals surface area contributed by atoms with Crippen molar-refractivity contribution in [2.75, 3.05) is 19.8 Å². The number of benzene rings is 1. The van der Waals surface area contributed by atoms with Crippen LogP contribution in [0.1, 0.15) is 49.9 Å². The zero-order valence-corrected chi connectivity index (χ0v) is 15.3. The van der Waals surface area contributed by atoms with Gasteiger partial charge in [0.15, 0.2) is 11.5 Å². The van der Waals surface area contributed by atoms with Gasteiger partial charge >= 0.3 is 5.97 Å². The summed E-state index contributed by atoms with van der Waals surface area (Å²) in [5.74, 6) is -0.263. The number of aliphatic carboxylic acids is 1.